The molecule has 4 heterocycles. The van der Waals surface area contributed by atoms with Gasteiger partial charge in [0, 0.05) is 55.0 Å². The van der Waals surface area contributed by atoms with E-state index in [2.05, 4.69) is 167 Å². The number of furan rings is 1. The molecule has 12 rings (SSSR count). The van der Waals surface area contributed by atoms with Gasteiger partial charge in [-0.3, -0.25) is 0 Å². The zero-order valence-corrected chi connectivity index (χ0v) is 30.7. The molecule has 5 heteroatoms. The van der Waals surface area contributed by atoms with E-state index in [0.29, 0.717) is 5.82 Å². The van der Waals surface area contributed by atoms with Crippen LogP contribution < -0.4 is 0 Å². The Labute approximate surface area is 327 Å². The molecular formula is C52H32N4O. The standard InChI is InChI=1S/C52H32N4O/c1-3-13-33(14-4-1)43-32-44(54-52(53-43)35-15-5-2-6-16-35)34-23-25-36(26-24-34)55-47-22-12-9-19-41(47)50-48(55)29-28-40-42-31-37(27-30-49(42)57-51(40)50)56-45-20-10-7-17-38(45)39-18-8-11-21-46(39)56/h1-32H. The lowest BCUT2D eigenvalue weighted by Gasteiger charge is -2.11. The van der Waals surface area contributed by atoms with Gasteiger partial charge in [0.2, 0.25) is 0 Å². The van der Waals surface area contributed by atoms with Crippen LogP contribution in [0.4, 0.5) is 0 Å². The van der Waals surface area contributed by atoms with Gasteiger partial charge in [-0.25, -0.2) is 9.97 Å². The minimum absolute atomic E-state index is 0.704. The van der Waals surface area contributed by atoms with Crippen LogP contribution in [0.25, 0.3) is 111 Å². The van der Waals surface area contributed by atoms with Gasteiger partial charge in [0.05, 0.1) is 38.8 Å². The summed E-state index contributed by atoms with van der Waals surface area (Å²) in [7, 11) is 0. The monoisotopic (exact) mass is 728 g/mol. The molecule has 8 aromatic carbocycles. The van der Waals surface area contributed by atoms with E-state index in [4.69, 9.17) is 14.4 Å². The molecule has 57 heavy (non-hydrogen) atoms. The van der Waals surface area contributed by atoms with Crippen LogP contribution in [0, 0.1) is 0 Å². The van der Waals surface area contributed by atoms with Crippen molar-refractivity contribution >= 4 is 65.6 Å². The molecule has 266 valence electrons. The van der Waals surface area contributed by atoms with Crippen LogP contribution in [0.5, 0.6) is 0 Å². The Bertz CT molecular complexity index is 3390. The van der Waals surface area contributed by atoms with Crippen LogP contribution in [0.1, 0.15) is 0 Å². The minimum atomic E-state index is 0.704. The molecule has 0 N–H and O–H groups in total. The van der Waals surface area contributed by atoms with E-state index in [1.54, 1.807) is 0 Å². The van der Waals surface area contributed by atoms with E-state index in [9.17, 15) is 0 Å². The molecule has 0 amide bonds. The van der Waals surface area contributed by atoms with Gasteiger partial charge in [0.15, 0.2) is 5.82 Å². The number of fused-ring (bicyclic) bond motifs is 10. The molecular weight excluding hydrogens is 697 g/mol. The second kappa shape index (κ2) is 12.4. The smallest absolute Gasteiger partial charge is 0.160 e. The second-order valence-corrected chi connectivity index (χ2v) is 14.6. The summed E-state index contributed by atoms with van der Waals surface area (Å²) in [6.07, 6.45) is 0. The third-order valence-electron chi connectivity index (χ3n) is 11.3. The number of hydrogen-bond acceptors (Lipinski definition) is 3. The average molecular weight is 729 g/mol. The number of nitrogens with zero attached hydrogens (tertiary/aromatic N) is 4. The highest BCUT2D eigenvalue weighted by molar-refractivity contribution is 6.24. The summed E-state index contributed by atoms with van der Waals surface area (Å²) in [6.45, 7) is 0. The van der Waals surface area contributed by atoms with Gasteiger partial charge in [0.25, 0.3) is 0 Å². The van der Waals surface area contributed by atoms with Gasteiger partial charge >= 0.3 is 0 Å². The van der Waals surface area contributed by atoms with Crippen LogP contribution in [-0.2, 0) is 0 Å². The summed E-state index contributed by atoms with van der Waals surface area (Å²) in [5.41, 5.74) is 13.4. The highest BCUT2D eigenvalue weighted by Gasteiger charge is 2.20. The molecule has 0 saturated heterocycles. The van der Waals surface area contributed by atoms with Crippen molar-refractivity contribution in [1.82, 2.24) is 19.1 Å². The Morgan fingerprint density at radius 2 is 0.877 bits per heavy atom. The van der Waals surface area contributed by atoms with Crippen LogP contribution in [-0.4, -0.2) is 19.1 Å². The first-order chi connectivity index (χ1) is 28.3. The summed E-state index contributed by atoms with van der Waals surface area (Å²) in [5.74, 6) is 0.704. The third kappa shape index (κ3) is 4.89. The van der Waals surface area contributed by atoms with Crippen molar-refractivity contribution in [3.63, 3.8) is 0 Å². The Morgan fingerprint density at radius 3 is 1.54 bits per heavy atom. The lowest BCUT2D eigenvalue weighted by atomic mass is 10.1. The molecule has 5 nitrogen and oxygen atoms in total. The normalized spacial score (nSPS) is 11.9. The van der Waals surface area contributed by atoms with Crippen molar-refractivity contribution in [2.24, 2.45) is 0 Å². The van der Waals surface area contributed by atoms with Gasteiger partial charge in [-0.15, -0.1) is 0 Å². The number of rotatable bonds is 5. The lowest BCUT2D eigenvalue weighted by Crippen LogP contribution is -1.97. The van der Waals surface area contributed by atoms with E-state index in [-0.39, 0.29) is 0 Å². The topological polar surface area (TPSA) is 48.8 Å². The maximum atomic E-state index is 6.81. The summed E-state index contributed by atoms with van der Waals surface area (Å²) >= 11 is 0. The first-order valence-electron chi connectivity index (χ1n) is 19.2. The van der Waals surface area contributed by atoms with Crippen LogP contribution in [0.3, 0.4) is 0 Å². The molecule has 0 aliphatic rings. The second-order valence-electron chi connectivity index (χ2n) is 14.6. The van der Waals surface area contributed by atoms with Crippen molar-refractivity contribution in [2.45, 2.75) is 0 Å². The van der Waals surface area contributed by atoms with Crippen LogP contribution in [0.2, 0.25) is 0 Å². The zero-order chi connectivity index (χ0) is 37.5. The summed E-state index contributed by atoms with van der Waals surface area (Å²) in [5, 5.41) is 6.96. The maximum Gasteiger partial charge on any atom is 0.160 e. The fourth-order valence-electron chi connectivity index (χ4n) is 8.74. The quantitative estimate of drug-likeness (QED) is 0.177. The highest BCUT2D eigenvalue weighted by atomic mass is 16.3. The van der Waals surface area contributed by atoms with Crippen molar-refractivity contribution in [2.75, 3.05) is 0 Å². The number of benzene rings is 8. The van der Waals surface area contributed by atoms with E-state index in [0.717, 1.165) is 83.2 Å². The lowest BCUT2D eigenvalue weighted by molar-refractivity contribution is 0.673. The fraction of sp³-hybridized carbons (Fsp3) is 0. The van der Waals surface area contributed by atoms with Crippen molar-refractivity contribution in [3.05, 3.63) is 194 Å². The largest absolute Gasteiger partial charge is 0.455 e. The van der Waals surface area contributed by atoms with E-state index in [1.807, 2.05) is 36.4 Å². The molecule has 0 aliphatic carbocycles. The van der Waals surface area contributed by atoms with E-state index >= 15 is 0 Å². The molecule has 12 aromatic rings. The number of aromatic nitrogens is 4. The van der Waals surface area contributed by atoms with Gasteiger partial charge in [-0.2, -0.15) is 0 Å². The SMILES string of the molecule is c1ccc(-c2cc(-c3ccc(-n4c5ccccc5c5c6oc7ccc(-n8c9ccccc9c9ccccc98)cc7c6ccc54)cc3)nc(-c3ccccc3)n2)cc1. The maximum absolute atomic E-state index is 6.81. The fourth-order valence-corrected chi connectivity index (χ4v) is 8.74. The first-order valence-corrected chi connectivity index (χ1v) is 19.2. The Kier molecular flexibility index (Phi) is 6.86. The highest BCUT2D eigenvalue weighted by Crippen LogP contribution is 2.42. The molecule has 0 fully saturated rings. The predicted octanol–water partition coefficient (Wildman–Crippen LogP) is 13.6. The Morgan fingerprint density at radius 1 is 0.351 bits per heavy atom. The molecule has 0 unspecified atom stereocenters. The molecule has 0 bridgehead atoms. The van der Waals surface area contributed by atoms with Gasteiger partial charge < -0.3 is 13.6 Å². The molecule has 0 saturated carbocycles. The van der Waals surface area contributed by atoms with Gasteiger partial charge in [0.1, 0.15) is 11.2 Å². The number of para-hydroxylation sites is 3. The van der Waals surface area contributed by atoms with E-state index < -0.39 is 0 Å². The molecule has 0 radical (unpaired) electrons. The van der Waals surface area contributed by atoms with Crippen LogP contribution >= 0.6 is 0 Å². The Balaban J connectivity index is 1.00. The molecule has 0 spiro atoms. The van der Waals surface area contributed by atoms with Gasteiger partial charge in [-0.1, -0.05) is 127 Å². The Hall–Kier alpha value is -7.76. The minimum Gasteiger partial charge on any atom is -0.455 e. The zero-order valence-electron chi connectivity index (χ0n) is 30.7. The number of hydrogen-bond donors (Lipinski definition) is 0. The van der Waals surface area contributed by atoms with Crippen molar-refractivity contribution in [3.8, 4) is 45.3 Å². The van der Waals surface area contributed by atoms with Gasteiger partial charge in [-0.05, 0) is 66.7 Å². The molecule has 0 aliphatic heterocycles. The van der Waals surface area contributed by atoms with Crippen LogP contribution in [0.15, 0.2) is 199 Å². The molecule has 4 aromatic heterocycles. The van der Waals surface area contributed by atoms with Crippen molar-refractivity contribution < 1.29 is 4.42 Å². The predicted molar refractivity (Wildman–Crippen MR) is 234 cm³/mol. The summed E-state index contributed by atoms with van der Waals surface area (Å²) in [4.78, 5) is 10.0. The first kappa shape index (κ1) is 31.6. The summed E-state index contributed by atoms with van der Waals surface area (Å²) < 4.78 is 11.5. The summed E-state index contributed by atoms with van der Waals surface area (Å²) in [6, 6.07) is 68.2. The van der Waals surface area contributed by atoms with E-state index in [1.165, 1.54) is 21.8 Å². The third-order valence-corrected chi connectivity index (χ3v) is 11.3. The van der Waals surface area contributed by atoms with Crippen molar-refractivity contribution in [1.29, 1.82) is 0 Å². The molecule has 0 atom stereocenters. The average Bonchev–Trinajstić information content (AvgIpc) is 3.94.